The van der Waals surface area contributed by atoms with E-state index in [0.717, 1.165) is 36.2 Å². The number of carbonyl (C=O) groups is 2. The van der Waals surface area contributed by atoms with Crippen LogP contribution in [0.1, 0.15) is 29.7 Å². The van der Waals surface area contributed by atoms with Gasteiger partial charge < -0.3 is 20.1 Å². The van der Waals surface area contributed by atoms with Crippen LogP contribution in [0.25, 0.3) is 0 Å². The number of hydrogen-bond donors (Lipinski definition) is 2. The van der Waals surface area contributed by atoms with Gasteiger partial charge in [-0.1, -0.05) is 0 Å². The van der Waals surface area contributed by atoms with Crippen molar-refractivity contribution in [1.82, 2.24) is 20.3 Å². The molecule has 0 bridgehead atoms. The number of carbonyl (C=O) groups excluding carboxylic acids is 2. The van der Waals surface area contributed by atoms with Gasteiger partial charge in [0.25, 0.3) is 11.8 Å². The molecule has 5 rings (SSSR count). The third kappa shape index (κ3) is 3.95. The lowest BCUT2D eigenvalue weighted by molar-refractivity contribution is -0.118. The lowest BCUT2D eigenvalue weighted by atomic mass is 10.1. The van der Waals surface area contributed by atoms with Crippen LogP contribution in [0.5, 0.6) is 5.88 Å². The lowest BCUT2D eigenvalue weighted by Crippen LogP contribution is -2.31. The van der Waals surface area contributed by atoms with Crippen molar-refractivity contribution in [2.24, 2.45) is 0 Å². The van der Waals surface area contributed by atoms with Crippen molar-refractivity contribution in [3.8, 4) is 5.88 Å². The third-order valence-corrected chi connectivity index (χ3v) is 5.97. The van der Waals surface area contributed by atoms with Crippen LogP contribution < -0.4 is 20.3 Å². The summed E-state index contributed by atoms with van der Waals surface area (Å²) in [5.74, 6) is 0.166. The lowest BCUT2D eigenvalue weighted by Gasteiger charge is -2.18. The Balaban J connectivity index is 1.11. The van der Waals surface area contributed by atoms with Crippen LogP contribution in [0.2, 0.25) is 0 Å². The minimum Gasteiger partial charge on any atom is -0.465 e. The Morgan fingerprint density at radius 2 is 2.09 bits per heavy atom. The highest BCUT2D eigenvalue weighted by Crippen LogP contribution is 2.29. The summed E-state index contributed by atoms with van der Waals surface area (Å²) in [7, 11) is 0. The van der Waals surface area contributed by atoms with Gasteiger partial charge in [0.15, 0.2) is 18.2 Å². The number of nitrogens with zero attached hydrogens (tertiary/aromatic N) is 4. The molecule has 2 aromatic heterocycles. The molecule has 4 heterocycles. The van der Waals surface area contributed by atoms with Crippen LogP contribution in [-0.2, 0) is 22.4 Å². The van der Waals surface area contributed by atoms with E-state index in [2.05, 4.69) is 25.6 Å². The van der Waals surface area contributed by atoms with Crippen LogP contribution in [0.3, 0.4) is 0 Å². The molecule has 2 N–H and O–H groups in total. The number of ether oxygens (including phenoxy) is 2. The minimum atomic E-state index is -0.495. The number of amides is 2. The van der Waals surface area contributed by atoms with Crippen LogP contribution in [-0.4, -0.2) is 58.8 Å². The van der Waals surface area contributed by atoms with Crippen molar-refractivity contribution in [3.05, 3.63) is 35.0 Å². The normalized spacial score (nSPS) is 21.6. The maximum absolute atomic E-state index is 14.0. The molecular formula is C21H23FN6O4. The van der Waals surface area contributed by atoms with Crippen LogP contribution >= 0.6 is 0 Å². The summed E-state index contributed by atoms with van der Waals surface area (Å²) < 4.78 is 24.6. The fraction of sp³-hybridized carbons (Fsp3) is 0.476. The van der Waals surface area contributed by atoms with E-state index in [1.165, 1.54) is 17.3 Å². The fourth-order valence-electron chi connectivity index (χ4n) is 4.36. The summed E-state index contributed by atoms with van der Waals surface area (Å²) in [6.45, 7) is 2.89. The van der Waals surface area contributed by atoms with Crippen molar-refractivity contribution >= 4 is 23.6 Å². The first-order chi connectivity index (χ1) is 15.5. The summed E-state index contributed by atoms with van der Waals surface area (Å²) in [6, 6.07) is 0.188. The third-order valence-electron chi connectivity index (χ3n) is 5.97. The van der Waals surface area contributed by atoms with Gasteiger partial charge in [-0.05, 0) is 50.3 Å². The van der Waals surface area contributed by atoms with E-state index in [0.29, 0.717) is 25.2 Å². The summed E-state index contributed by atoms with van der Waals surface area (Å²) in [5, 5.41) is 6.05. The number of nitrogens with one attached hydrogen (secondary N) is 2. The molecule has 1 fully saturated rings. The molecule has 32 heavy (non-hydrogen) atoms. The van der Waals surface area contributed by atoms with E-state index in [1.54, 1.807) is 0 Å². The monoisotopic (exact) mass is 442 g/mol. The molecule has 2 amide bonds. The van der Waals surface area contributed by atoms with E-state index in [1.807, 2.05) is 6.92 Å². The van der Waals surface area contributed by atoms with Crippen LogP contribution in [0.15, 0.2) is 12.4 Å². The standard InChI is InChI=1S/C21H23FN6O4/c1-11-14-5-12(6-15(14)16(22)7-24-11)23-4-2-3-13-9-28(21(30)32-13)17-8-25-20-19(26-17)27-18(29)10-31-20/h7-8,12-13,23H,2-6,9-10H2,1H3,(H,26,27,29). The molecular weight excluding hydrogens is 419 g/mol. The number of rotatable bonds is 6. The van der Waals surface area contributed by atoms with E-state index in [9.17, 15) is 14.0 Å². The van der Waals surface area contributed by atoms with Crippen molar-refractivity contribution in [2.75, 3.05) is 29.9 Å². The van der Waals surface area contributed by atoms with Crippen LogP contribution in [0.4, 0.5) is 20.8 Å². The minimum absolute atomic E-state index is 0.110. The summed E-state index contributed by atoms with van der Waals surface area (Å²) in [5.41, 5.74) is 2.67. The zero-order valence-electron chi connectivity index (χ0n) is 17.6. The Bertz CT molecular complexity index is 1050. The van der Waals surface area contributed by atoms with Crippen molar-refractivity contribution in [1.29, 1.82) is 0 Å². The number of anilines is 2. The number of cyclic esters (lactones) is 1. The molecule has 0 aromatic carbocycles. The van der Waals surface area contributed by atoms with E-state index in [-0.39, 0.29) is 42.2 Å². The second-order valence-corrected chi connectivity index (χ2v) is 8.19. The molecule has 2 atom stereocenters. The van der Waals surface area contributed by atoms with Gasteiger partial charge in [0.1, 0.15) is 11.9 Å². The first-order valence-electron chi connectivity index (χ1n) is 10.6. The molecule has 11 heteroatoms. The zero-order valence-corrected chi connectivity index (χ0v) is 17.6. The average Bonchev–Trinajstić information content (AvgIpc) is 3.38. The molecule has 0 saturated carbocycles. The predicted octanol–water partition coefficient (Wildman–Crippen LogP) is 1.51. The molecule has 2 unspecified atom stereocenters. The molecule has 0 radical (unpaired) electrons. The first-order valence-corrected chi connectivity index (χ1v) is 10.6. The Kier molecular flexibility index (Phi) is 5.33. The summed E-state index contributed by atoms with van der Waals surface area (Å²) >= 11 is 0. The number of pyridine rings is 1. The molecule has 3 aliphatic rings. The Morgan fingerprint density at radius 1 is 1.25 bits per heavy atom. The maximum atomic E-state index is 14.0. The molecule has 1 saturated heterocycles. The fourth-order valence-corrected chi connectivity index (χ4v) is 4.36. The van der Waals surface area contributed by atoms with Crippen molar-refractivity contribution in [3.63, 3.8) is 0 Å². The largest absolute Gasteiger partial charge is 0.465 e. The topological polar surface area (TPSA) is 119 Å². The second-order valence-electron chi connectivity index (χ2n) is 8.19. The second kappa shape index (κ2) is 8.30. The maximum Gasteiger partial charge on any atom is 0.415 e. The zero-order chi connectivity index (χ0) is 22.2. The number of hydrogen-bond acceptors (Lipinski definition) is 8. The van der Waals surface area contributed by atoms with Gasteiger partial charge in [0, 0.05) is 11.7 Å². The molecule has 0 spiro atoms. The number of fused-ring (bicyclic) bond motifs is 2. The number of aryl methyl sites for hydroxylation is 1. The number of aromatic nitrogens is 3. The summed E-state index contributed by atoms with van der Waals surface area (Å²) in [4.78, 5) is 37.7. The van der Waals surface area contributed by atoms with Gasteiger partial charge in [0.05, 0.1) is 18.9 Å². The molecule has 10 nitrogen and oxygen atoms in total. The highest BCUT2D eigenvalue weighted by molar-refractivity contribution is 5.94. The van der Waals surface area contributed by atoms with Crippen molar-refractivity contribution < 1.29 is 23.5 Å². The average molecular weight is 442 g/mol. The van der Waals surface area contributed by atoms with E-state index < -0.39 is 6.09 Å². The smallest absolute Gasteiger partial charge is 0.415 e. The summed E-state index contributed by atoms with van der Waals surface area (Å²) in [6.07, 6.45) is 4.88. The van der Waals surface area contributed by atoms with Gasteiger partial charge in [-0.3, -0.25) is 14.7 Å². The molecule has 2 aromatic rings. The van der Waals surface area contributed by atoms with Crippen LogP contribution in [0, 0.1) is 12.7 Å². The van der Waals surface area contributed by atoms with Gasteiger partial charge in [-0.2, -0.15) is 0 Å². The first kappa shape index (κ1) is 20.6. The van der Waals surface area contributed by atoms with Gasteiger partial charge in [0.2, 0.25) is 0 Å². The highest BCUT2D eigenvalue weighted by Gasteiger charge is 2.34. The molecule has 1 aliphatic carbocycles. The molecule has 168 valence electrons. The van der Waals surface area contributed by atoms with E-state index >= 15 is 0 Å². The van der Waals surface area contributed by atoms with Gasteiger partial charge >= 0.3 is 6.09 Å². The Hall–Kier alpha value is -3.34. The van der Waals surface area contributed by atoms with Crippen molar-refractivity contribution in [2.45, 2.75) is 44.8 Å². The van der Waals surface area contributed by atoms with Gasteiger partial charge in [-0.25, -0.2) is 19.2 Å². The SMILES string of the molecule is Cc1ncc(F)c2c1CC(NCCCC1CN(c3cnc4c(n3)NC(=O)CO4)C(=O)O1)C2. The Labute approximate surface area is 183 Å². The Morgan fingerprint density at radius 3 is 2.94 bits per heavy atom. The van der Waals surface area contributed by atoms with E-state index in [4.69, 9.17) is 9.47 Å². The number of halogens is 1. The quantitative estimate of drug-likeness (QED) is 0.647. The predicted molar refractivity (Wildman–Crippen MR) is 111 cm³/mol. The molecule has 2 aliphatic heterocycles. The van der Waals surface area contributed by atoms with Gasteiger partial charge in [-0.15, -0.1) is 0 Å². The highest BCUT2D eigenvalue weighted by atomic mass is 19.1.